The molecule has 4 aromatic rings. The number of para-hydroxylation sites is 1. The Labute approximate surface area is 266 Å². The first kappa shape index (κ1) is 31.3. The number of carbonyl (C=O) groups excluding carboxylic acids is 1. The van der Waals surface area contributed by atoms with Crippen molar-refractivity contribution in [1.29, 1.82) is 0 Å². The Kier molecular flexibility index (Phi) is 10.5. The lowest BCUT2D eigenvalue weighted by Crippen LogP contribution is -2.40. The summed E-state index contributed by atoms with van der Waals surface area (Å²) in [6.07, 6.45) is 8.03. The number of morpholine rings is 1. The van der Waals surface area contributed by atoms with Crippen molar-refractivity contribution in [2.24, 2.45) is 0 Å². The average molecular weight is 628 g/mol. The fraction of sp³-hybridized carbons (Fsp3) is 0.343. The van der Waals surface area contributed by atoms with E-state index in [0.29, 0.717) is 6.54 Å². The third kappa shape index (κ3) is 7.96. The van der Waals surface area contributed by atoms with Gasteiger partial charge in [0.25, 0.3) is 5.91 Å². The molecule has 0 spiro atoms. The molecule has 3 aromatic carbocycles. The molecule has 236 valence electrons. The van der Waals surface area contributed by atoms with Gasteiger partial charge in [0.2, 0.25) is 0 Å². The molecule has 2 atom stereocenters. The first-order valence-corrected chi connectivity index (χ1v) is 16.8. The van der Waals surface area contributed by atoms with Crippen LogP contribution in [0, 0.1) is 0 Å². The molecule has 1 aromatic heterocycles. The Bertz CT molecular complexity index is 1660. The van der Waals surface area contributed by atoms with Gasteiger partial charge in [-0.2, -0.15) is 0 Å². The molecule has 0 radical (unpaired) electrons. The van der Waals surface area contributed by atoms with Gasteiger partial charge in [-0.1, -0.05) is 48.5 Å². The maximum absolute atomic E-state index is 13.2. The quantitative estimate of drug-likeness (QED) is 0.0997. The first-order chi connectivity index (χ1) is 22.1. The predicted octanol–water partition coefficient (Wildman–Crippen LogP) is 4.36. The van der Waals surface area contributed by atoms with Gasteiger partial charge in [-0.25, -0.2) is 14.4 Å². The molecule has 6 rings (SSSR count). The number of fused-ring (bicyclic) bond motifs is 2. The Hall–Kier alpha value is -3.64. The summed E-state index contributed by atoms with van der Waals surface area (Å²) in [5, 5.41) is 10.1. The summed E-state index contributed by atoms with van der Waals surface area (Å²) in [5.74, 6) is -0.549. The first-order valence-electron chi connectivity index (χ1n) is 15.7. The van der Waals surface area contributed by atoms with Crippen molar-refractivity contribution in [2.45, 2.75) is 36.7 Å². The minimum Gasteiger partial charge on any atom is -0.379 e. The molecule has 10 heteroatoms. The number of rotatable bonds is 13. The van der Waals surface area contributed by atoms with Gasteiger partial charge >= 0.3 is 0 Å². The van der Waals surface area contributed by atoms with Crippen molar-refractivity contribution in [3.8, 4) is 0 Å². The zero-order valence-corrected chi connectivity index (χ0v) is 26.2. The zero-order valence-electron chi connectivity index (χ0n) is 25.4. The van der Waals surface area contributed by atoms with Crippen LogP contribution < -0.4 is 10.2 Å². The predicted molar refractivity (Wildman–Crippen MR) is 177 cm³/mol. The molecule has 0 bridgehead atoms. The highest BCUT2D eigenvalue weighted by molar-refractivity contribution is 7.83. The van der Waals surface area contributed by atoms with Crippen molar-refractivity contribution in [3.63, 3.8) is 0 Å². The lowest BCUT2D eigenvalue weighted by atomic mass is 10.0. The number of aromatic nitrogens is 1. The normalized spacial score (nSPS) is 17.7. The van der Waals surface area contributed by atoms with Crippen LogP contribution in [0.3, 0.4) is 0 Å². The lowest BCUT2D eigenvalue weighted by molar-refractivity contribution is -0.124. The standard InChI is InChI=1S/C35H41N5O4S/c41-35(38-42)13-9-26-8-11-32-28(22-26)10-12-34(32)40(16-14-29-24-36-33-7-2-1-6-31(29)33)25-27-4-3-5-30(23-27)45(43)37-15-17-39-18-20-44-21-19-39/h1-9,11,13,22-24,34,36-37,42H,10,12,14-21,25H2,(H,38,41)/b13-9+. The summed E-state index contributed by atoms with van der Waals surface area (Å²) in [5.41, 5.74) is 8.75. The molecule has 1 aliphatic carbocycles. The van der Waals surface area contributed by atoms with E-state index in [9.17, 15) is 9.00 Å². The molecule has 1 aliphatic heterocycles. The maximum atomic E-state index is 13.2. The van der Waals surface area contributed by atoms with Crippen LogP contribution in [0.15, 0.2) is 83.9 Å². The number of hydroxylamine groups is 1. The molecule has 45 heavy (non-hydrogen) atoms. The molecule has 0 saturated carbocycles. The minimum atomic E-state index is -1.28. The highest BCUT2D eigenvalue weighted by atomic mass is 32.2. The number of benzene rings is 3. The second-order valence-electron chi connectivity index (χ2n) is 11.7. The van der Waals surface area contributed by atoms with Crippen LogP contribution in [0.25, 0.3) is 17.0 Å². The summed E-state index contributed by atoms with van der Waals surface area (Å²) < 4.78 is 21.8. The summed E-state index contributed by atoms with van der Waals surface area (Å²) in [7, 11) is -1.28. The molecule has 1 saturated heterocycles. The van der Waals surface area contributed by atoms with E-state index in [2.05, 4.69) is 74.2 Å². The van der Waals surface area contributed by atoms with Crippen LogP contribution in [0.2, 0.25) is 0 Å². The second-order valence-corrected chi connectivity index (χ2v) is 13.0. The molecule has 4 N–H and O–H groups in total. The van der Waals surface area contributed by atoms with Crippen molar-refractivity contribution in [3.05, 3.63) is 107 Å². The molecule has 2 unspecified atom stereocenters. The average Bonchev–Trinajstić information content (AvgIpc) is 3.70. The van der Waals surface area contributed by atoms with Gasteiger partial charge < -0.3 is 9.72 Å². The number of aryl methyl sites for hydroxylation is 1. The largest absolute Gasteiger partial charge is 0.379 e. The van der Waals surface area contributed by atoms with Crippen molar-refractivity contribution >= 4 is 33.9 Å². The van der Waals surface area contributed by atoms with Gasteiger partial charge in [-0.3, -0.25) is 19.8 Å². The summed E-state index contributed by atoms with van der Waals surface area (Å²) >= 11 is 0. The van der Waals surface area contributed by atoms with Crippen LogP contribution >= 0.6 is 0 Å². The fourth-order valence-corrected chi connectivity index (χ4v) is 7.36. The van der Waals surface area contributed by atoms with E-state index in [4.69, 9.17) is 9.94 Å². The van der Waals surface area contributed by atoms with E-state index in [1.54, 1.807) is 11.6 Å². The molecule has 1 amide bonds. The number of hydrogen-bond acceptors (Lipinski definition) is 6. The SMILES string of the molecule is O=C(/C=C/c1ccc2c(c1)CCC2N(CCc1c[nH]c2ccccc12)Cc1cccc(S(=O)NCCN2CCOCC2)c1)NO. The Morgan fingerprint density at radius 3 is 2.84 bits per heavy atom. The maximum Gasteiger partial charge on any atom is 0.267 e. The Balaban J connectivity index is 1.18. The number of hydrogen-bond donors (Lipinski definition) is 4. The number of amides is 1. The van der Waals surface area contributed by atoms with Crippen LogP contribution in [0.5, 0.6) is 0 Å². The monoisotopic (exact) mass is 627 g/mol. The molecular formula is C35H41N5O4S. The highest BCUT2D eigenvalue weighted by Gasteiger charge is 2.28. The highest BCUT2D eigenvalue weighted by Crippen LogP contribution is 2.37. The van der Waals surface area contributed by atoms with Crippen LogP contribution in [0.1, 0.15) is 40.3 Å². The van der Waals surface area contributed by atoms with Crippen LogP contribution in [0.4, 0.5) is 0 Å². The van der Waals surface area contributed by atoms with Gasteiger partial charge in [0.1, 0.15) is 11.0 Å². The van der Waals surface area contributed by atoms with E-state index in [-0.39, 0.29) is 6.04 Å². The number of carbonyl (C=O) groups is 1. The number of ether oxygens (including phenoxy) is 1. The molecule has 2 heterocycles. The van der Waals surface area contributed by atoms with E-state index in [1.807, 2.05) is 18.2 Å². The Morgan fingerprint density at radius 2 is 1.98 bits per heavy atom. The van der Waals surface area contributed by atoms with Crippen molar-refractivity contribution in [1.82, 2.24) is 25.0 Å². The molecule has 1 fully saturated rings. The summed E-state index contributed by atoms with van der Waals surface area (Å²) in [4.78, 5) is 20.6. The van der Waals surface area contributed by atoms with E-state index in [0.717, 1.165) is 86.7 Å². The van der Waals surface area contributed by atoms with Crippen LogP contribution in [-0.2, 0) is 39.9 Å². The zero-order chi connectivity index (χ0) is 31.0. The summed E-state index contributed by atoms with van der Waals surface area (Å²) in [6, 6.07) is 23.2. The van der Waals surface area contributed by atoms with Gasteiger partial charge in [0.15, 0.2) is 0 Å². The van der Waals surface area contributed by atoms with Gasteiger partial charge in [0, 0.05) is 68.5 Å². The van der Waals surface area contributed by atoms with Gasteiger partial charge in [-0.15, -0.1) is 0 Å². The van der Waals surface area contributed by atoms with E-state index < -0.39 is 16.9 Å². The molecule has 2 aliphatic rings. The second kappa shape index (κ2) is 15.1. The topological polar surface area (TPSA) is 110 Å². The fourth-order valence-electron chi connectivity index (χ4n) is 6.45. The number of H-pyrrole nitrogens is 1. The third-order valence-corrected chi connectivity index (χ3v) is 9.95. The lowest BCUT2D eigenvalue weighted by Gasteiger charge is -2.30. The van der Waals surface area contributed by atoms with Gasteiger partial charge in [-0.05, 0) is 71.4 Å². The van der Waals surface area contributed by atoms with Crippen LogP contribution in [-0.4, -0.2) is 76.0 Å². The third-order valence-electron chi connectivity index (χ3n) is 8.80. The molecule has 9 nitrogen and oxygen atoms in total. The van der Waals surface area contributed by atoms with E-state index >= 15 is 0 Å². The smallest absolute Gasteiger partial charge is 0.267 e. The Morgan fingerprint density at radius 1 is 1.11 bits per heavy atom. The molecular weight excluding hydrogens is 586 g/mol. The van der Waals surface area contributed by atoms with E-state index in [1.165, 1.54) is 28.2 Å². The number of nitrogens with one attached hydrogen (secondary N) is 3. The minimum absolute atomic E-state index is 0.241. The van der Waals surface area contributed by atoms with Crippen molar-refractivity contribution < 1.29 is 18.9 Å². The van der Waals surface area contributed by atoms with Gasteiger partial charge in [0.05, 0.1) is 18.1 Å². The number of aromatic amines is 1. The van der Waals surface area contributed by atoms with Crippen molar-refractivity contribution in [2.75, 3.05) is 45.9 Å². The number of nitrogens with zero attached hydrogens (tertiary/aromatic N) is 2. The summed E-state index contributed by atoms with van der Waals surface area (Å²) in [6.45, 7) is 6.48.